The molecule has 27 heavy (non-hydrogen) atoms. The Hall–Kier alpha value is -1.48. The standard InChI is InChI=1S/C18H22ClN3O3S2/c1-13(23)20-9-17-11-26-18(21-17)15-5-3-7-22(10-15)27(24,25)12-14-4-2-6-16(19)8-14/h2,4,6,8,11,15H,3,5,7,9-10,12H2,1H3,(H,20,23). The molecule has 1 unspecified atom stereocenters. The lowest BCUT2D eigenvalue weighted by molar-refractivity contribution is -0.119. The molecule has 1 fully saturated rings. The molecule has 6 nitrogen and oxygen atoms in total. The van der Waals surface area contributed by atoms with E-state index in [1.807, 2.05) is 5.38 Å². The molecule has 9 heteroatoms. The second kappa shape index (κ2) is 8.68. The highest BCUT2D eigenvalue weighted by Crippen LogP contribution is 2.31. The summed E-state index contributed by atoms with van der Waals surface area (Å²) in [5.41, 5.74) is 1.50. The van der Waals surface area contributed by atoms with Gasteiger partial charge in [-0.25, -0.2) is 17.7 Å². The zero-order chi connectivity index (χ0) is 19.4. The first-order valence-corrected chi connectivity index (χ1v) is 11.6. The number of piperidine rings is 1. The van der Waals surface area contributed by atoms with E-state index >= 15 is 0 Å². The Morgan fingerprint density at radius 1 is 1.44 bits per heavy atom. The van der Waals surface area contributed by atoms with Crippen molar-refractivity contribution in [3.63, 3.8) is 0 Å². The largest absolute Gasteiger partial charge is 0.351 e. The minimum absolute atomic E-state index is 0.0497. The van der Waals surface area contributed by atoms with E-state index in [0.29, 0.717) is 30.2 Å². The molecule has 1 amide bonds. The topological polar surface area (TPSA) is 79.4 Å². The number of thiazole rings is 1. The van der Waals surface area contributed by atoms with Crippen LogP contribution in [0.25, 0.3) is 0 Å². The monoisotopic (exact) mass is 427 g/mol. The highest BCUT2D eigenvalue weighted by molar-refractivity contribution is 7.88. The van der Waals surface area contributed by atoms with Crippen molar-refractivity contribution in [2.75, 3.05) is 13.1 Å². The third-order valence-electron chi connectivity index (χ3n) is 4.45. The first kappa shape index (κ1) is 20.3. The minimum Gasteiger partial charge on any atom is -0.351 e. The number of amides is 1. The lowest BCUT2D eigenvalue weighted by atomic mass is 10.0. The summed E-state index contributed by atoms with van der Waals surface area (Å²) >= 11 is 7.49. The first-order chi connectivity index (χ1) is 12.8. The summed E-state index contributed by atoms with van der Waals surface area (Å²) in [6.07, 6.45) is 1.72. The van der Waals surface area contributed by atoms with Gasteiger partial charge in [0.15, 0.2) is 0 Å². The van der Waals surface area contributed by atoms with Crippen molar-refractivity contribution in [3.05, 3.63) is 50.9 Å². The van der Waals surface area contributed by atoms with E-state index in [4.69, 9.17) is 11.6 Å². The average Bonchev–Trinajstić information content (AvgIpc) is 3.09. The molecule has 2 aromatic rings. The average molecular weight is 428 g/mol. The number of aromatic nitrogens is 1. The maximum Gasteiger partial charge on any atom is 0.218 e. The number of carbonyl (C=O) groups is 1. The Morgan fingerprint density at radius 2 is 2.26 bits per heavy atom. The Balaban J connectivity index is 1.67. The number of halogens is 1. The van der Waals surface area contributed by atoms with Crippen LogP contribution in [0.2, 0.25) is 5.02 Å². The van der Waals surface area contributed by atoms with E-state index < -0.39 is 10.0 Å². The molecule has 1 aliphatic heterocycles. The number of hydrogen-bond acceptors (Lipinski definition) is 5. The van der Waals surface area contributed by atoms with Crippen LogP contribution < -0.4 is 5.32 Å². The predicted octanol–water partition coefficient (Wildman–Crippen LogP) is 3.14. The number of nitrogens with one attached hydrogen (secondary N) is 1. The normalized spacial score (nSPS) is 18.4. The van der Waals surface area contributed by atoms with Gasteiger partial charge in [0.05, 0.1) is 23.0 Å². The maximum atomic E-state index is 12.8. The van der Waals surface area contributed by atoms with Crippen molar-refractivity contribution in [1.82, 2.24) is 14.6 Å². The van der Waals surface area contributed by atoms with E-state index in [2.05, 4.69) is 10.3 Å². The molecule has 1 atom stereocenters. The van der Waals surface area contributed by atoms with Crippen LogP contribution in [0.1, 0.15) is 41.9 Å². The van der Waals surface area contributed by atoms with Gasteiger partial charge >= 0.3 is 0 Å². The summed E-state index contributed by atoms with van der Waals surface area (Å²) < 4.78 is 27.3. The lowest BCUT2D eigenvalue weighted by Gasteiger charge is -2.31. The molecule has 146 valence electrons. The molecule has 0 saturated carbocycles. The van der Waals surface area contributed by atoms with Gasteiger partial charge in [-0.2, -0.15) is 0 Å². The molecular formula is C18H22ClN3O3S2. The van der Waals surface area contributed by atoms with Gasteiger partial charge < -0.3 is 5.32 Å². The molecule has 1 N–H and O–H groups in total. The van der Waals surface area contributed by atoms with Crippen molar-refractivity contribution in [3.8, 4) is 0 Å². The fourth-order valence-electron chi connectivity index (χ4n) is 3.13. The van der Waals surface area contributed by atoms with Crippen LogP contribution in [-0.2, 0) is 27.1 Å². The third kappa shape index (κ3) is 5.51. The molecule has 2 heterocycles. The number of carbonyl (C=O) groups excluding carboxylic acids is 1. The summed E-state index contributed by atoms with van der Waals surface area (Å²) in [4.78, 5) is 15.6. The van der Waals surface area contributed by atoms with E-state index in [1.54, 1.807) is 28.6 Å². The summed E-state index contributed by atoms with van der Waals surface area (Å²) in [6.45, 7) is 2.84. The highest BCUT2D eigenvalue weighted by Gasteiger charge is 2.31. The van der Waals surface area contributed by atoms with Crippen LogP contribution >= 0.6 is 22.9 Å². The fourth-order valence-corrected chi connectivity index (χ4v) is 5.89. The van der Waals surface area contributed by atoms with Gasteiger partial charge in [-0.3, -0.25) is 4.79 Å². The maximum absolute atomic E-state index is 12.8. The van der Waals surface area contributed by atoms with Crippen molar-refractivity contribution in [2.45, 2.75) is 38.0 Å². The van der Waals surface area contributed by atoms with Gasteiger partial charge in [0, 0.05) is 36.3 Å². The summed E-state index contributed by atoms with van der Waals surface area (Å²) in [6, 6.07) is 6.96. The van der Waals surface area contributed by atoms with Crippen LogP contribution in [0, 0.1) is 0 Å². The van der Waals surface area contributed by atoms with E-state index in [-0.39, 0.29) is 17.6 Å². The smallest absolute Gasteiger partial charge is 0.218 e. The number of rotatable bonds is 6. The van der Waals surface area contributed by atoms with Crippen LogP contribution in [0.5, 0.6) is 0 Å². The van der Waals surface area contributed by atoms with Crippen LogP contribution in [0.4, 0.5) is 0 Å². The molecule has 0 radical (unpaired) electrons. The zero-order valence-corrected chi connectivity index (χ0v) is 17.4. The predicted molar refractivity (Wildman–Crippen MR) is 107 cm³/mol. The fraction of sp³-hybridized carbons (Fsp3) is 0.444. The zero-order valence-electron chi connectivity index (χ0n) is 15.0. The van der Waals surface area contributed by atoms with Crippen LogP contribution in [0.3, 0.4) is 0 Å². The Morgan fingerprint density at radius 3 is 3.00 bits per heavy atom. The molecule has 0 aliphatic carbocycles. The third-order valence-corrected chi connectivity index (χ3v) is 7.56. The summed E-state index contributed by atoms with van der Waals surface area (Å²) in [7, 11) is -3.41. The van der Waals surface area contributed by atoms with Gasteiger partial charge in [0.25, 0.3) is 0 Å². The van der Waals surface area contributed by atoms with Gasteiger partial charge in [-0.1, -0.05) is 23.7 Å². The lowest BCUT2D eigenvalue weighted by Crippen LogP contribution is -2.39. The second-order valence-corrected chi connectivity index (χ2v) is 9.97. The van der Waals surface area contributed by atoms with Crippen LogP contribution in [-0.4, -0.2) is 36.7 Å². The molecule has 0 bridgehead atoms. The van der Waals surface area contributed by atoms with Crippen LogP contribution in [0.15, 0.2) is 29.6 Å². The molecule has 0 spiro atoms. The van der Waals surface area contributed by atoms with Crippen molar-refractivity contribution in [2.24, 2.45) is 0 Å². The van der Waals surface area contributed by atoms with Gasteiger partial charge in [-0.15, -0.1) is 11.3 Å². The molecular weight excluding hydrogens is 406 g/mol. The van der Waals surface area contributed by atoms with E-state index in [0.717, 1.165) is 23.5 Å². The minimum atomic E-state index is -3.41. The molecule has 1 saturated heterocycles. The molecule has 1 aromatic heterocycles. The van der Waals surface area contributed by atoms with Gasteiger partial charge in [0.2, 0.25) is 15.9 Å². The number of sulfonamides is 1. The Bertz CT molecular complexity index is 914. The Labute approximate surface area is 168 Å². The number of hydrogen-bond donors (Lipinski definition) is 1. The number of benzene rings is 1. The van der Waals surface area contributed by atoms with Gasteiger partial charge in [-0.05, 0) is 30.5 Å². The van der Waals surface area contributed by atoms with Crippen molar-refractivity contribution in [1.29, 1.82) is 0 Å². The molecule has 1 aliphatic rings. The highest BCUT2D eigenvalue weighted by atomic mass is 35.5. The molecule has 3 rings (SSSR count). The summed E-state index contributed by atoms with van der Waals surface area (Å²) in [5.74, 6) is -0.0594. The Kier molecular flexibility index (Phi) is 6.52. The van der Waals surface area contributed by atoms with E-state index in [9.17, 15) is 13.2 Å². The second-order valence-electron chi connectivity index (χ2n) is 6.67. The molecule has 1 aromatic carbocycles. The van der Waals surface area contributed by atoms with E-state index in [1.165, 1.54) is 18.3 Å². The number of nitrogens with zero attached hydrogens (tertiary/aromatic N) is 2. The van der Waals surface area contributed by atoms with Crippen molar-refractivity contribution < 1.29 is 13.2 Å². The SMILES string of the molecule is CC(=O)NCc1csc(C2CCCN(S(=O)(=O)Cc3cccc(Cl)c3)C2)n1. The quantitative estimate of drug-likeness (QED) is 0.768. The van der Waals surface area contributed by atoms with Gasteiger partial charge in [0.1, 0.15) is 0 Å². The summed E-state index contributed by atoms with van der Waals surface area (Å²) in [5, 5.41) is 6.12. The van der Waals surface area contributed by atoms with Crippen molar-refractivity contribution >= 4 is 38.9 Å². The first-order valence-electron chi connectivity index (χ1n) is 8.74.